The largest absolute Gasteiger partial charge is 0.371 e. The van der Waals surface area contributed by atoms with Crippen LogP contribution in [0.15, 0.2) is 71.6 Å². The monoisotopic (exact) mass is 375 g/mol. The highest BCUT2D eigenvalue weighted by Gasteiger charge is 2.46. The summed E-state index contributed by atoms with van der Waals surface area (Å²) in [4.78, 5) is 3.61. The lowest BCUT2D eigenvalue weighted by Gasteiger charge is -2.52. The van der Waals surface area contributed by atoms with Gasteiger partial charge >= 0.3 is 0 Å². The lowest BCUT2D eigenvalue weighted by molar-refractivity contribution is -0.180. The van der Waals surface area contributed by atoms with Crippen molar-refractivity contribution >= 4 is 22.5 Å². The van der Waals surface area contributed by atoms with E-state index in [0.29, 0.717) is 5.92 Å². The average Bonchev–Trinajstić information content (AvgIpc) is 2.73. The number of rotatable bonds is 4. The van der Waals surface area contributed by atoms with Crippen molar-refractivity contribution in [2.24, 2.45) is 5.92 Å². The van der Waals surface area contributed by atoms with Crippen LogP contribution in [0.5, 0.6) is 0 Å². The van der Waals surface area contributed by atoms with Crippen LogP contribution in [0.3, 0.4) is 0 Å². The maximum atomic E-state index is 11.6. The van der Waals surface area contributed by atoms with Crippen LogP contribution in [0.4, 0.5) is 0 Å². The molecule has 0 aromatic heterocycles. The summed E-state index contributed by atoms with van der Waals surface area (Å²) < 4.78 is 0. The Bertz CT molecular complexity index is 958. The van der Waals surface area contributed by atoms with Crippen LogP contribution < -0.4 is 0 Å². The number of nitrogens with zero attached hydrogens (tertiary/aromatic N) is 1. The van der Waals surface area contributed by atoms with Crippen LogP contribution in [0.1, 0.15) is 30.4 Å². The summed E-state index contributed by atoms with van der Waals surface area (Å²) >= 11 is 1.87. The molecule has 2 nitrogen and oxygen atoms in total. The number of aliphatic hydroxyl groups is 1. The number of hydrogen-bond donors (Lipinski definition) is 1. The third-order valence-electron chi connectivity index (χ3n) is 6.29. The normalized spacial score (nSPS) is 27.1. The van der Waals surface area contributed by atoms with E-state index >= 15 is 0 Å². The Morgan fingerprint density at radius 1 is 0.926 bits per heavy atom. The first-order valence-corrected chi connectivity index (χ1v) is 10.9. The van der Waals surface area contributed by atoms with Crippen molar-refractivity contribution in [3.8, 4) is 0 Å². The van der Waals surface area contributed by atoms with Gasteiger partial charge in [-0.05, 0) is 47.6 Å². The van der Waals surface area contributed by atoms with E-state index in [1.165, 1.54) is 34.1 Å². The molecule has 3 heteroatoms. The maximum Gasteiger partial charge on any atom is 0.145 e. The molecular formula is C24H25NOS. The van der Waals surface area contributed by atoms with Gasteiger partial charge in [-0.25, -0.2) is 0 Å². The first-order valence-electron chi connectivity index (χ1n) is 9.90. The van der Waals surface area contributed by atoms with E-state index in [9.17, 15) is 5.11 Å². The van der Waals surface area contributed by atoms with Gasteiger partial charge < -0.3 is 5.11 Å². The van der Waals surface area contributed by atoms with Crippen molar-refractivity contribution in [3.05, 3.63) is 77.9 Å². The molecule has 3 heterocycles. The fraction of sp³-hybridized carbons (Fsp3) is 0.333. The fourth-order valence-electron chi connectivity index (χ4n) is 4.83. The van der Waals surface area contributed by atoms with E-state index in [2.05, 4.69) is 71.6 Å². The molecule has 3 aromatic rings. The molecule has 3 aliphatic heterocycles. The van der Waals surface area contributed by atoms with Crippen molar-refractivity contribution in [1.29, 1.82) is 0 Å². The summed E-state index contributed by atoms with van der Waals surface area (Å²) in [6.45, 7) is 2.04. The average molecular weight is 376 g/mol. The van der Waals surface area contributed by atoms with E-state index in [1.807, 2.05) is 11.8 Å². The van der Waals surface area contributed by atoms with Gasteiger partial charge in [0, 0.05) is 29.3 Å². The van der Waals surface area contributed by atoms with E-state index in [4.69, 9.17) is 0 Å². The number of benzene rings is 3. The summed E-state index contributed by atoms with van der Waals surface area (Å²) in [5, 5.41) is 14.2. The number of thioether (sulfide) groups is 1. The van der Waals surface area contributed by atoms with Crippen LogP contribution >= 0.6 is 11.8 Å². The number of fused-ring (bicyclic) bond motifs is 4. The molecule has 3 fully saturated rings. The van der Waals surface area contributed by atoms with Crippen LogP contribution in [-0.2, 0) is 11.5 Å². The van der Waals surface area contributed by atoms with E-state index in [-0.39, 0.29) is 0 Å². The Hall–Kier alpha value is -1.81. The minimum atomic E-state index is -0.781. The predicted molar refractivity (Wildman–Crippen MR) is 113 cm³/mol. The Morgan fingerprint density at radius 3 is 2.48 bits per heavy atom. The van der Waals surface area contributed by atoms with Crippen LogP contribution in [-0.4, -0.2) is 23.1 Å². The van der Waals surface area contributed by atoms with E-state index in [0.717, 1.165) is 30.8 Å². The molecule has 0 amide bonds. The summed E-state index contributed by atoms with van der Waals surface area (Å²) in [7, 11) is 0. The van der Waals surface area contributed by atoms with Crippen molar-refractivity contribution in [2.45, 2.75) is 35.6 Å². The Kier molecular flexibility index (Phi) is 4.47. The van der Waals surface area contributed by atoms with Gasteiger partial charge in [-0.2, -0.15) is 0 Å². The summed E-state index contributed by atoms with van der Waals surface area (Å²) in [6.07, 6.45) is 3.34. The molecule has 3 saturated heterocycles. The molecule has 3 aliphatic rings. The van der Waals surface area contributed by atoms with Crippen molar-refractivity contribution in [3.63, 3.8) is 0 Å². The quantitative estimate of drug-likeness (QED) is 0.618. The first kappa shape index (κ1) is 17.3. The third kappa shape index (κ3) is 3.08. The van der Waals surface area contributed by atoms with Gasteiger partial charge in [-0.1, -0.05) is 60.7 Å². The molecule has 27 heavy (non-hydrogen) atoms. The van der Waals surface area contributed by atoms with Gasteiger partial charge in [0.1, 0.15) is 5.72 Å². The number of piperidine rings is 3. The molecule has 1 unspecified atom stereocenters. The van der Waals surface area contributed by atoms with Gasteiger partial charge in [0.05, 0.1) is 0 Å². The zero-order valence-electron chi connectivity index (χ0n) is 15.5. The minimum absolute atomic E-state index is 0.666. The topological polar surface area (TPSA) is 23.5 Å². The van der Waals surface area contributed by atoms with Crippen molar-refractivity contribution in [2.75, 3.05) is 13.1 Å². The second-order valence-corrected chi connectivity index (χ2v) is 8.89. The van der Waals surface area contributed by atoms with Crippen LogP contribution in [0.25, 0.3) is 10.8 Å². The molecule has 2 bridgehead atoms. The summed E-state index contributed by atoms with van der Waals surface area (Å²) in [5.74, 6) is 1.55. The van der Waals surface area contributed by atoms with Gasteiger partial charge in [-0.3, -0.25) is 4.90 Å². The molecule has 3 aromatic carbocycles. The molecule has 1 N–H and O–H groups in total. The molecule has 0 spiro atoms. The molecular weight excluding hydrogens is 350 g/mol. The highest BCUT2D eigenvalue weighted by atomic mass is 32.2. The lowest BCUT2D eigenvalue weighted by atomic mass is 9.77. The van der Waals surface area contributed by atoms with Gasteiger partial charge in [-0.15, -0.1) is 11.8 Å². The van der Waals surface area contributed by atoms with E-state index in [1.54, 1.807) is 0 Å². The first-order chi connectivity index (χ1) is 13.2. The SMILES string of the molecule is OC1(c2ccccc2CSc2cccc3ccccc23)CC2CCN1CC2. The second kappa shape index (κ2) is 6.97. The van der Waals surface area contributed by atoms with Crippen molar-refractivity contribution < 1.29 is 5.11 Å². The maximum absolute atomic E-state index is 11.6. The lowest BCUT2D eigenvalue weighted by Crippen LogP contribution is -2.56. The van der Waals surface area contributed by atoms with Crippen molar-refractivity contribution in [1.82, 2.24) is 4.90 Å². The van der Waals surface area contributed by atoms with Crippen LogP contribution in [0, 0.1) is 5.92 Å². The standard InChI is InChI=1S/C24H25NOS/c26-24(16-18-12-14-25(24)15-13-18)22-10-4-2-7-20(22)17-27-23-11-5-8-19-6-1-3-9-21(19)23/h1-11,18,26H,12-17H2. The second-order valence-electron chi connectivity index (χ2n) is 7.87. The molecule has 1 atom stereocenters. The van der Waals surface area contributed by atoms with Crippen LogP contribution in [0.2, 0.25) is 0 Å². The Balaban J connectivity index is 1.45. The molecule has 0 aliphatic carbocycles. The zero-order valence-corrected chi connectivity index (χ0v) is 16.3. The molecule has 0 saturated carbocycles. The minimum Gasteiger partial charge on any atom is -0.371 e. The molecule has 0 radical (unpaired) electrons. The smallest absolute Gasteiger partial charge is 0.145 e. The summed E-state index contributed by atoms with van der Waals surface area (Å²) in [5.41, 5.74) is 1.59. The highest BCUT2D eigenvalue weighted by molar-refractivity contribution is 7.98. The van der Waals surface area contributed by atoms with Gasteiger partial charge in [0.15, 0.2) is 0 Å². The van der Waals surface area contributed by atoms with Gasteiger partial charge in [0.25, 0.3) is 0 Å². The Labute approximate surface area is 165 Å². The highest BCUT2D eigenvalue weighted by Crippen LogP contribution is 2.45. The fourth-order valence-corrected chi connectivity index (χ4v) is 5.91. The third-order valence-corrected chi connectivity index (χ3v) is 7.41. The zero-order chi connectivity index (χ0) is 18.3. The molecule has 6 rings (SSSR count). The predicted octanol–water partition coefficient (Wildman–Crippen LogP) is 5.39. The molecule has 138 valence electrons. The van der Waals surface area contributed by atoms with E-state index < -0.39 is 5.72 Å². The number of hydrogen-bond acceptors (Lipinski definition) is 3. The summed E-state index contributed by atoms with van der Waals surface area (Å²) in [6, 6.07) is 23.6. The van der Waals surface area contributed by atoms with Gasteiger partial charge in [0.2, 0.25) is 0 Å². The Morgan fingerprint density at radius 2 is 1.67 bits per heavy atom.